The Morgan fingerprint density at radius 3 is 1.43 bits per heavy atom. The Balaban J connectivity index is 0.792. The molecule has 0 saturated heterocycles. The maximum Gasteiger partial charge on any atom is 0.187 e. The number of benzene rings is 12. The van der Waals surface area contributed by atoms with Crippen molar-refractivity contribution in [3.8, 4) is 112 Å². The first-order valence-electron chi connectivity index (χ1n) is 24.9. The third-order valence-electron chi connectivity index (χ3n) is 14.7. The number of rotatable bonds is 8. The molecule has 1 aliphatic carbocycles. The van der Waals surface area contributed by atoms with Crippen LogP contribution in [-0.2, 0) is 0 Å². The van der Waals surface area contributed by atoms with E-state index >= 15 is 0 Å². The molecule has 1 heterocycles. The molecule has 0 fully saturated rings. The van der Waals surface area contributed by atoms with Gasteiger partial charge in [0.25, 0.3) is 0 Å². The van der Waals surface area contributed by atoms with Crippen molar-refractivity contribution in [2.45, 2.75) is 0 Å². The van der Waals surface area contributed by atoms with E-state index in [9.17, 15) is 0 Å². The lowest BCUT2D eigenvalue weighted by Crippen LogP contribution is -2.00. The molecule has 0 atom stereocenters. The van der Waals surface area contributed by atoms with Crippen molar-refractivity contribution in [1.82, 2.24) is 15.0 Å². The summed E-state index contributed by atoms with van der Waals surface area (Å²) in [4.78, 5) is 19.2. The minimum atomic E-state index is 0.597. The summed E-state index contributed by atoms with van der Waals surface area (Å²) in [5, 5.41) is 7.46. The van der Waals surface area contributed by atoms with Crippen LogP contribution in [0.2, 0.25) is 0 Å². The van der Waals surface area contributed by atoms with Gasteiger partial charge in [-0.15, -0.1) is 0 Å². The lowest BCUT2D eigenvalue weighted by molar-refractivity contribution is 1.07. The summed E-state index contributed by atoms with van der Waals surface area (Å²) in [6.07, 6.45) is 0. The van der Waals surface area contributed by atoms with Crippen molar-refractivity contribution >= 4 is 38.0 Å². The van der Waals surface area contributed by atoms with Crippen molar-refractivity contribution in [3.05, 3.63) is 266 Å². The molecule has 74 heavy (non-hydrogen) atoms. The minimum Gasteiger partial charge on any atom is -0.238 e. The van der Waals surface area contributed by atoms with E-state index in [-0.39, 0.29) is 0 Å². The highest BCUT2D eigenvalue weighted by atomic mass is 15.0. The molecule has 4 nitrogen and oxygen atoms in total. The number of hydrogen-bond acceptors (Lipinski definition) is 3. The van der Waals surface area contributed by atoms with Crippen LogP contribution in [0, 0.1) is 6.57 Å². The van der Waals surface area contributed by atoms with Crippen LogP contribution in [0.4, 0.5) is 5.69 Å². The molecular weight excluding hydrogens is 897 g/mol. The zero-order chi connectivity index (χ0) is 49.1. The van der Waals surface area contributed by atoms with Crippen LogP contribution in [-0.4, -0.2) is 15.0 Å². The van der Waals surface area contributed by atoms with Gasteiger partial charge in [-0.05, 0) is 134 Å². The predicted octanol–water partition coefficient (Wildman–Crippen LogP) is 18.9. The summed E-state index contributed by atoms with van der Waals surface area (Å²) in [5.74, 6) is 1.82. The van der Waals surface area contributed by atoms with E-state index in [2.05, 4.69) is 217 Å². The Morgan fingerprint density at radius 1 is 0.243 bits per heavy atom. The quantitative estimate of drug-likeness (QED) is 0.113. The predicted molar refractivity (Wildman–Crippen MR) is 307 cm³/mol. The van der Waals surface area contributed by atoms with Crippen molar-refractivity contribution < 1.29 is 0 Å². The fraction of sp³-hybridized carbons (Fsp3) is 0. The van der Waals surface area contributed by atoms with Gasteiger partial charge in [0.15, 0.2) is 23.2 Å². The highest BCUT2D eigenvalue weighted by Gasteiger charge is 2.23. The topological polar surface area (TPSA) is 43.0 Å². The second kappa shape index (κ2) is 17.6. The Hall–Kier alpha value is -10.1. The van der Waals surface area contributed by atoms with E-state index in [1.54, 1.807) is 0 Å². The van der Waals surface area contributed by atoms with Gasteiger partial charge in [-0.3, -0.25) is 0 Å². The first kappa shape index (κ1) is 42.8. The van der Waals surface area contributed by atoms with Crippen LogP contribution in [0.15, 0.2) is 255 Å². The Kier molecular flexibility index (Phi) is 10.2. The van der Waals surface area contributed by atoms with E-state index in [0.29, 0.717) is 23.2 Å². The van der Waals surface area contributed by atoms with Crippen molar-refractivity contribution in [2.24, 2.45) is 0 Å². The standard InChI is InChI=1S/C70H42N4/c1-71-54-36-37-57(46-34-32-45(33-35-46)56-38-39-64-60-24-9-8-23-59(60)63-27-13-26-62(56)67(63)64)66(43-54)47-30-28-44(29-31-47)49-17-11-19-52(40-49)69-72-68(48-14-3-2-4-15-48)73-70(74-69)53-20-12-18-50(41-53)65-42-51-16-5-6-21-55(51)58-22-7-10-25-61(58)65/h2-43H. The highest BCUT2D eigenvalue weighted by molar-refractivity contribution is 6.19. The van der Waals surface area contributed by atoms with Gasteiger partial charge in [-0.25, -0.2) is 19.8 Å². The van der Waals surface area contributed by atoms with Gasteiger partial charge in [-0.1, -0.05) is 231 Å². The maximum absolute atomic E-state index is 7.91. The van der Waals surface area contributed by atoms with Gasteiger partial charge < -0.3 is 0 Å². The van der Waals surface area contributed by atoms with Gasteiger partial charge in [0, 0.05) is 16.7 Å². The van der Waals surface area contributed by atoms with Crippen molar-refractivity contribution in [1.29, 1.82) is 0 Å². The minimum absolute atomic E-state index is 0.597. The highest BCUT2D eigenvalue weighted by Crippen LogP contribution is 2.49. The summed E-state index contributed by atoms with van der Waals surface area (Å²) in [7, 11) is 0. The molecule has 0 amide bonds. The van der Waals surface area contributed by atoms with Gasteiger partial charge in [0.05, 0.1) is 6.57 Å². The van der Waals surface area contributed by atoms with Gasteiger partial charge >= 0.3 is 0 Å². The van der Waals surface area contributed by atoms with E-state index < -0.39 is 0 Å². The normalized spacial score (nSPS) is 11.5. The molecule has 0 bridgehead atoms. The summed E-state index contributed by atoms with van der Waals surface area (Å²) >= 11 is 0. The number of nitrogens with zero attached hydrogens (tertiary/aromatic N) is 4. The molecule has 0 radical (unpaired) electrons. The summed E-state index contributed by atoms with van der Waals surface area (Å²) < 4.78 is 0. The van der Waals surface area contributed by atoms with Crippen LogP contribution in [0.1, 0.15) is 0 Å². The maximum atomic E-state index is 7.91. The van der Waals surface area contributed by atoms with Crippen LogP contribution in [0.25, 0.3) is 149 Å². The summed E-state index contributed by atoms with van der Waals surface area (Å²) in [6, 6.07) is 90.1. The number of fused-ring (bicyclic) bond motifs is 6. The molecule has 0 unspecified atom stereocenters. The first-order valence-corrected chi connectivity index (χ1v) is 24.9. The van der Waals surface area contributed by atoms with E-state index in [1.807, 2.05) is 42.5 Å². The SMILES string of the molecule is [C-]#[N+]c1ccc(-c2ccc(-c3ccc4c5c(cccc35)-c3ccccc3-4)cc2)c(-c2ccc(-c3cccc(-c4nc(-c5ccccc5)nc(-c5cccc(-c6cc7ccccc7c7ccccc67)c5)n4)c3)cc2)c1. The summed E-state index contributed by atoms with van der Waals surface area (Å²) in [5.41, 5.74) is 19.5. The second-order valence-electron chi connectivity index (χ2n) is 19.0. The zero-order valence-electron chi connectivity index (χ0n) is 40.0. The molecule has 13 aromatic rings. The van der Waals surface area contributed by atoms with E-state index in [4.69, 9.17) is 21.5 Å². The molecule has 1 aliphatic rings. The van der Waals surface area contributed by atoms with Crippen molar-refractivity contribution in [3.63, 3.8) is 0 Å². The molecule has 0 aliphatic heterocycles. The molecule has 1 aromatic heterocycles. The molecule has 0 saturated carbocycles. The van der Waals surface area contributed by atoms with Crippen LogP contribution in [0.3, 0.4) is 0 Å². The number of hydrogen-bond donors (Lipinski definition) is 0. The molecule has 342 valence electrons. The average molecular weight is 939 g/mol. The lowest BCUT2D eigenvalue weighted by Gasteiger charge is -2.14. The Morgan fingerprint density at radius 2 is 0.716 bits per heavy atom. The third-order valence-corrected chi connectivity index (χ3v) is 14.7. The fourth-order valence-electron chi connectivity index (χ4n) is 11.1. The van der Waals surface area contributed by atoms with Crippen LogP contribution >= 0.6 is 0 Å². The molecule has 0 N–H and O–H groups in total. The monoisotopic (exact) mass is 938 g/mol. The van der Waals surface area contributed by atoms with E-state index in [1.165, 1.54) is 71.3 Å². The average Bonchev–Trinajstić information content (AvgIpc) is 3.82. The van der Waals surface area contributed by atoms with E-state index in [0.717, 1.165) is 55.6 Å². The molecular formula is C70H42N4. The van der Waals surface area contributed by atoms with Gasteiger partial charge in [0.1, 0.15) is 0 Å². The number of aromatic nitrogens is 3. The largest absolute Gasteiger partial charge is 0.238 e. The molecule has 12 aromatic carbocycles. The second-order valence-corrected chi connectivity index (χ2v) is 19.0. The molecule has 14 rings (SSSR count). The molecule has 0 spiro atoms. The van der Waals surface area contributed by atoms with Crippen LogP contribution in [0.5, 0.6) is 0 Å². The molecule has 4 heteroatoms. The Labute approximate surface area is 429 Å². The smallest absolute Gasteiger partial charge is 0.187 e. The van der Waals surface area contributed by atoms with Gasteiger partial charge in [0.2, 0.25) is 0 Å². The third kappa shape index (κ3) is 7.34. The van der Waals surface area contributed by atoms with Crippen molar-refractivity contribution in [2.75, 3.05) is 0 Å². The lowest BCUT2D eigenvalue weighted by atomic mass is 9.90. The van der Waals surface area contributed by atoms with Crippen LogP contribution < -0.4 is 0 Å². The summed E-state index contributed by atoms with van der Waals surface area (Å²) in [6.45, 7) is 7.91. The van der Waals surface area contributed by atoms with Gasteiger partial charge in [-0.2, -0.15) is 0 Å². The zero-order valence-corrected chi connectivity index (χ0v) is 40.0. The Bertz CT molecular complexity index is 4390. The fourth-order valence-corrected chi connectivity index (χ4v) is 11.1. The first-order chi connectivity index (χ1) is 36.6.